The average molecular weight is 533 g/mol. The Morgan fingerprint density at radius 1 is 0.381 bits per heavy atom. The molecule has 6 heteroatoms. The summed E-state index contributed by atoms with van der Waals surface area (Å²) in [5.74, 6) is 0. The van der Waals surface area contributed by atoms with E-state index < -0.39 is 0 Å². The maximum atomic E-state index is 9.30. The Morgan fingerprint density at radius 3 is 0.429 bits per heavy atom. The molecule has 0 aliphatic carbocycles. The van der Waals surface area contributed by atoms with Gasteiger partial charge in [0.1, 0.15) is 0 Å². The van der Waals surface area contributed by atoms with Crippen molar-refractivity contribution < 1.29 is 56.6 Å². The minimum absolute atomic E-state index is 0. The SMILES string of the molecule is CCC[O-].CCC[O-].CCC[O-].CCC[O-].CCC[O-].[U]. The first kappa shape index (κ1) is 37.8. The normalized spacial score (nSPS) is 7.14. The fourth-order valence-corrected chi connectivity index (χ4v) is 0. The molecule has 0 bridgehead atoms. The summed E-state index contributed by atoms with van der Waals surface area (Å²) in [4.78, 5) is 0. The Bertz CT molecular complexity index is 55.2. The number of rotatable bonds is 5. The van der Waals surface area contributed by atoms with E-state index in [0.717, 1.165) is 32.1 Å². The van der Waals surface area contributed by atoms with Crippen LogP contribution in [0.4, 0.5) is 0 Å². The van der Waals surface area contributed by atoms with Gasteiger partial charge in [0.05, 0.1) is 0 Å². The van der Waals surface area contributed by atoms with E-state index in [1.807, 2.05) is 34.6 Å². The molecule has 0 N–H and O–H groups in total. The van der Waals surface area contributed by atoms with E-state index in [2.05, 4.69) is 0 Å². The average Bonchev–Trinajstić information content (AvgIpc) is 2.55. The molecule has 5 nitrogen and oxygen atoms in total. The van der Waals surface area contributed by atoms with Crippen LogP contribution in [0.1, 0.15) is 66.7 Å². The van der Waals surface area contributed by atoms with Gasteiger partial charge >= 0.3 is 0 Å². The van der Waals surface area contributed by atoms with E-state index in [1.54, 1.807) is 0 Å². The molecule has 0 aliphatic rings. The first-order chi connectivity index (χ1) is 9.57. The predicted octanol–water partition coefficient (Wildman–Crippen LogP) is -1.22. The van der Waals surface area contributed by atoms with Gasteiger partial charge in [0.2, 0.25) is 0 Å². The van der Waals surface area contributed by atoms with Crippen LogP contribution in [0.2, 0.25) is 0 Å². The Kier molecular flexibility index (Phi) is 126. The van der Waals surface area contributed by atoms with Gasteiger partial charge in [-0.2, -0.15) is 0 Å². The molecule has 0 heterocycles. The molecule has 0 amide bonds. The van der Waals surface area contributed by atoms with Crippen LogP contribution < -0.4 is 25.5 Å². The molecule has 0 saturated carbocycles. The van der Waals surface area contributed by atoms with Crippen molar-refractivity contribution in [3.8, 4) is 0 Å². The molecule has 0 aromatic carbocycles. The van der Waals surface area contributed by atoms with Gasteiger partial charge in [0.15, 0.2) is 0 Å². The Labute approximate surface area is 156 Å². The second-order valence-electron chi connectivity index (χ2n) is 3.52. The topological polar surface area (TPSA) is 115 Å². The fourth-order valence-electron chi connectivity index (χ4n) is 0. The van der Waals surface area contributed by atoms with E-state index in [4.69, 9.17) is 0 Å². The molecule has 0 aliphatic heterocycles. The summed E-state index contributed by atoms with van der Waals surface area (Å²) in [5, 5.41) is 46.5. The van der Waals surface area contributed by atoms with Crippen LogP contribution in [0.25, 0.3) is 0 Å². The standard InChI is InChI=1S/5C3H7O.U/c5*1-2-3-4;/h5*2-3H2,1H3;/q5*-1;. The Hall–Kier alpha value is 0.852. The summed E-state index contributed by atoms with van der Waals surface area (Å²) < 4.78 is 0. The predicted molar refractivity (Wildman–Crippen MR) is 75.8 cm³/mol. The van der Waals surface area contributed by atoms with E-state index in [1.165, 1.54) is 0 Å². The second-order valence-corrected chi connectivity index (χ2v) is 3.52. The van der Waals surface area contributed by atoms with Gasteiger partial charge in [-0.05, 0) is 0 Å². The van der Waals surface area contributed by atoms with Crippen molar-refractivity contribution in [2.45, 2.75) is 66.7 Å². The third kappa shape index (κ3) is 216. The van der Waals surface area contributed by atoms with Gasteiger partial charge < -0.3 is 25.5 Å². The van der Waals surface area contributed by atoms with Crippen LogP contribution in [0, 0.1) is 31.1 Å². The van der Waals surface area contributed by atoms with Crippen molar-refractivity contribution in [1.82, 2.24) is 0 Å². The molecule has 0 unspecified atom stereocenters. The monoisotopic (exact) mass is 533 g/mol. The van der Waals surface area contributed by atoms with Crippen LogP contribution in [-0.2, 0) is 0 Å². The van der Waals surface area contributed by atoms with Gasteiger partial charge in [-0.25, -0.2) is 0 Å². The molecule has 0 fully saturated rings. The number of hydrogen-bond donors (Lipinski definition) is 0. The summed E-state index contributed by atoms with van der Waals surface area (Å²) in [5.41, 5.74) is 0. The smallest absolute Gasteiger partial charge is 0 e. The van der Waals surface area contributed by atoms with Gasteiger partial charge in [-0.15, -0.1) is 33.0 Å². The summed E-state index contributed by atoms with van der Waals surface area (Å²) >= 11 is 0. The molecule has 0 aromatic rings. The van der Waals surface area contributed by atoms with Crippen molar-refractivity contribution in [3.63, 3.8) is 0 Å². The van der Waals surface area contributed by atoms with Crippen molar-refractivity contribution in [1.29, 1.82) is 0 Å². The minimum Gasteiger partial charge on any atom is -0.854 e. The van der Waals surface area contributed by atoms with Gasteiger partial charge in [-0.1, -0.05) is 66.7 Å². The molecule has 0 rings (SSSR count). The summed E-state index contributed by atoms with van der Waals surface area (Å²) in [6.07, 6.45) is 3.82. The molecular formula is C15H35O5U-5. The molecule has 0 aromatic heterocycles. The van der Waals surface area contributed by atoms with Gasteiger partial charge in [-0.3, -0.25) is 0 Å². The van der Waals surface area contributed by atoms with Crippen LogP contribution in [-0.4, -0.2) is 33.0 Å². The van der Waals surface area contributed by atoms with E-state index in [9.17, 15) is 25.5 Å². The van der Waals surface area contributed by atoms with Crippen LogP contribution in [0.5, 0.6) is 0 Å². The zero-order chi connectivity index (χ0) is 17.1. The van der Waals surface area contributed by atoms with Crippen molar-refractivity contribution in [2.24, 2.45) is 0 Å². The fraction of sp³-hybridized carbons (Fsp3) is 1.00. The third-order valence-electron chi connectivity index (χ3n) is 1.02. The van der Waals surface area contributed by atoms with Crippen molar-refractivity contribution in [2.75, 3.05) is 33.0 Å². The third-order valence-corrected chi connectivity index (χ3v) is 1.02. The maximum Gasteiger partial charge on any atom is 0 e. The maximum absolute atomic E-state index is 9.30. The summed E-state index contributed by atoms with van der Waals surface area (Å²) in [7, 11) is 0. The van der Waals surface area contributed by atoms with E-state index >= 15 is 0 Å². The van der Waals surface area contributed by atoms with Crippen LogP contribution in [0.15, 0.2) is 0 Å². The molecule has 0 spiro atoms. The van der Waals surface area contributed by atoms with Gasteiger partial charge in [0.25, 0.3) is 0 Å². The Balaban J connectivity index is -0.0000000331. The molecule has 21 heavy (non-hydrogen) atoms. The molecular weight excluding hydrogens is 498 g/mol. The minimum atomic E-state index is 0. The summed E-state index contributed by atoms with van der Waals surface area (Å²) in [6, 6.07) is 0. The first-order valence-corrected chi connectivity index (χ1v) is 7.48. The van der Waals surface area contributed by atoms with Crippen molar-refractivity contribution >= 4 is 0 Å². The molecule has 134 valence electrons. The van der Waals surface area contributed by atoms with E-state index in [0.29, 0.717) is 0 Å². The largest absolute Gasteiger partial charge is 0.854 e. The zero-order valence-corrected chi connectivity index (χ0v) is 18.8. The number of hydrogen-bond acceptors (Lipinski definition) is 5. The quantitative estimate of drug-likeness (QED) is 0.440. The van der Waals surface area contributed by atoms with E-state index in [-0.39, 0.29) is 64.1 Å². The first-order valence-electron chi connectivity index (χ1n) is 7.48. The van der Waals surface area contributed by atoms with Crippen LogP contribution in [0.3, 0.4) is 0 Å². The second kappa shape index (κ2) is 69.8. The zero-order valence-electron chi connectivity index (χ0n) is 14.6. The molecule has 0 radical (unpaired) electrons. The summed E-state index contributed by atoms with van der Waals surface area (Å²) in [6.45, 7) is 9.69. The molecule has 0 atom stereocenters. The van der Waals surface area contributed by atoms with Crippen LogP contribution >= 0.6 is 0 Å². The Morgan fingerprint density at radius 2 is 0.429 bits per heavy atom. The molecule has 0 saturated heterocycles. The van der Waals surface area contributed by atoms with Crippen molar-refractivity contribution in [3.05, 3.63) is 0 Å². The van der Waals surface area contributed by atoms with Gasteiger partial charge in [0, 0.05) is 31.1 Å².